The van der Waals surface area contributed by atoms with Gasteiger partial charge < -0.3 is 9.04 Å². The molecule has 18 heavy (non-hydrogen) atoms. The Morgan fingerprint density at radius 2 is 2.00 bits per heavy atom. The third kappa shape index (κ3) is 3.80. The highest BCUT2D eigenvalue weighted by atomic mass is 32.2. The molecule has 1 fully saturated rings. The van der Waals surface area contributed by atoms with E-state index in [1.807, 2.05) is 0 Å². The first-order chi connectivity index (χ1) is 8.25. The number of hydrogen-bond acceptors (Lipinski definition) is 3. The van der Waals surface area contributed by atoms with Gasteiger partial charge in [-0.15, -0.1) is 0 Å². The van der Waals surface area contributed by atoms with Crippen LogP contribution in [0.2, 0.25) is 0 Å². The Balaban J connectivity index is 1.79. The predicted octanol–water partition coefficient (Wildman–Crippen LogP) is 1.21. The molecule has 1 saturated carbocycles. The second-order valence-corrected chi connectivity index (χ2v) is 8.02. The molecular formula is C13H23NO3S. The molecule has 0 N–H and O–H groups in total. The van der Waals surface area contributed by atoms with Crippen molar-refractivity contribution < 1.29 is 17.5 Å². The van der Waals surface area contributed by atoms with Crippen molar-refractivity contribution >= 4 is 10.1 Å². The standard InChI is InChI=1S/C13H23NO3S/c1-14(2,6-3-7-18(15,16)17)10-13-9-11-4-5-12(13)8-11/h4-5,11-13H,3,6-10H2,1-2H3/t11-,12+,13?/m1/s1. The summed E-state index contributed by atoms with van der Waals surface area (Å²) in [5.41, 5.74) is 0. The summed E-state index contributed by atoms with van der Waals surface area (Å²) in [6, 6.07) is 0. The first kappa shape index (κ1) is 14.0. The third-order valence-electron chi connectivity index (χ3n) is 4.30. The van der Waals surface area contributed by atoms with Crippen molar-refractivity contribution in [2.45, 2.75) is 19.3 Å². The molecular weight excluding hydrogens is 250 g/mol. The van der Waals surface area contributed by atoms with Crippen molar-refractivity contribution in [2.24, 2.45) is 17.8 Å². The van der Waals surface area contributed by atoms with E-state index in [4.69, 9.17) is 0 Å². The molecule has 0 radical (unpaired) electrons. The fourth-order valence-corrected chi connectivity index (χ4v) is 3.98. The van der Waals surface area contributed by atoms with Gasteiger partial charge in [0.1, 0.15) is 0 Å². The van der Waals surface area contributed by atoms with Gasteiger partial charge in [0.15, 0.2) is 0 Å². The van der Waals surface area contributed by atoms with Crippen molar-refractivity contribution in [1.82, 2.24) is 0 Å². The number of allylic oxidation sites excluding steroid dienone is 2. The van der Waals surface area contributed by atoms with E-state index in [2.05, 4.69) is 26.2 Å². The second-order valence-electron chi connectivity index (χ2n) is 6.50. The number of quaternary nitrogens is 1. The highest BCUT2D eigenvalue weighted by Gasteiger charge is 2.38. The molecule has 0 heterocycles. The normalized spacial score (nSPS) is 31.2. The van der Waals surface area contributed by atoms with Gasteiger partial charge in [-0.25, -0.2) is 8.42 Å². The molecule has 1 unspecified atom stereocenters. The van der Waals surface area contributed by atoms with E-state index >= 15 is 0 Å². The Hall–Kier alpha value is -0.390. The largest absolute Gasteiger partial charge is 0.748 e. The number of rotatable bonds is 6. The summed E-state index contributed by atoms with van der Waals surface area (Å²) in [4.78, 5) is 0. The molecule has 0 aliphatic heterocycles. The Morgan fingerprint density at radius 1 is 1.28 bits per heavy atom. The van der Waals surface area contributed by atoms with Crippen molar-refractivity contribution in [3.8, 4) is 0 Å². The van der Waals surface area contributed by atoms with Crippen LogP contribution in [0.5, 0.6) is 0 Å². The monoisotopic (exact) mass is 273 g/mol. The van der Waals surface area contributed by atoms with Gasteiger partial charge >= 0.3 is 0 Å². The lowest BCUT2D eigenvalue weighted by Crippen LogP contribution is -2.45. The average molecular weight is 273 g/mol. The summed E-state index contributed by atoms with van der Waals surface area (Å²) in [5, 5.41) is 0. The first-order valence-corrected chi connectivity index (χ1v) is 8.27. The Bertz CT molecular complexity index is 428. The van der Waals surface area contributed by atoms with Crippen LogP contribution >= 0.6 is 0 Å². The number of fused-ring (bicyclic) bond motifs is 2. The number of nitrogens with zero attached hydrogens (tertiary/aromatic N) is 1. The van der Waals surface area contributed by atoms with Crippen LogP contribution in [0.4, 0.5) is 0 Å². The van der Waals surface area contributed by atoms with E-state index in [1.54, 1.807) is 0 Å². The molecule has 2 aliphatic carbocycles. The molecule has 2 bridgehead atoms. The van der Waals surface area contributed by atoms with Gasteiger partial charge in [0.05, 0.1) is 37.3 Å². The molecule has 5 heteroatoms. The van der Waals surface area contributed by atoms with Gasteiger partial charge in [-0.05, 0) is 24.7 Å². The lowest BCUT2D eigenvalue weighted by molar-refractivity contribution is -0.893. The lowest BCUT2D eigenvalue weighted by Gasteiger charge is -2.34. The third-order valence-corrected chi connectivity index (χ3v) is 5.09. The van der Waals surface area contributed by atoms with Crippen LogP contribution in [0.25, 0.3) is 0 Å². The maximum atomic E-state index is 10.6. The summed E-state index contributed by atoms with van der Waals surface area (Å²) in [6.07, 6.45) is 7.74. The molecule has 4 nitrogen and oxygen atoms in total. The van der Waals surface area contributed by atoms with Gasteiger partial charge in [-0.1, -0.05) is 12.2 Å². The molecule has 3 atom stereocenters. The minimum Gasteiger partial charge on any atom is -0.748 e. The van der Waals surface area contributed by atoms with Gasteiger partial charge in [0.25, 0.3) is 0 Å². The van der Waals surface area contributed by atoms with Crippen LogP contribution in [0.3, 0.4) is 0 Å². The van der Waals surface area contributed by atoms with Gasteiger partial charge in [-0.2, -0.15) is 0 Å². The average Bonchev–Trinajstić information content (AvgIpc) is 2.75. The summed E-state index contributed by atoms with van der Waals surface area (Å²) < 4.78 is 32.6. The Kier molecular flexibility index (Phi) is 3.85. The van der Waals surface area contributed by atoms with Crippen LogP contribution < -0.4 is 0 Å². The van der Waals surface area contributed by atoms with E-state index in [-0.39, 0.29) is 5.75 Å². The van der Waals surface area contributed by atoms with Crippen LogP contribution in [0.15, 0.2) is 12.2 Å². The summed E-state index contributed by atoms with van der Waals surface area (Å²) in [5.74, 6) is 2.02. The van der Waals surface area contributed by atoms with Crippen molar-refractivity contribution in [1.29, 1.82) is 0 Å². The zero-order valence-electron chi connectivity index (χ0n) is 11.2. The van der Waals surface area contributed by atoms with E-state index in [1.165, 1.54) is 12.8 Å². The fraction of sp³-hybridized carbons (Fsp3) is 0.846. The lowest BCUT2D eigenvalue weighted by atomic mass is 9.92. The zero-order chi connectivity index (χ0) is 13.4. The minimum absolute atomic E-state index is 0.231. The molecule has 0 aromatic rings. The highest BCUT2D eigenvalue weighted by Crippen LogP contribution is 2.44. The van der Waals surface area contributed by atoms with Gasteiger partial charge in [0, 0.05) is 18.1 Å². The van der Waals surface area contributed by atoms with Crippen LogP contribution in [-0.2, 0) is 10.1 Å². The zero-order valence-corrected chi connectivity index (χ0v) is 12.0. The molecule has 2 rings (SSSR count). The summed E-state index contributed by atoms with van der Waals surface area (Å²) in [7, 11) is 0.211. The minimum atomic E-state index is -4.05. The fourth-order valence-electron chi connectivity index (χ4n) is 3.50. The SMILES string of the molecule is C[N+](C)(CCCS(=O)(=O)[O-])CC1C[C@@H]2C=C[C@H]1C2. The van der Waals surface area contributed by atoms with E-state index in [0.29, 0.717) is 6.42 Å². The smallest absolute Gasteiger partial charge is 0.0948 e. The maximum Gasteiger partial charge on any atom is 0.0948 e. The molecule has 2 aliphatic rings. The van der Waals surface area contributed by atoms with Gasteiger partial charge in [0.2, 0.25) is 0 Å². The maximum absolute atomic E-state index is 10.6. The molecule has 104 valence electrons. The number of hydrogen-bond donors (Lipinski definition) is 0. The van der Waals surface area contributed by atoms with E-state index in [0.717, 1.165) is 35.3 Å². The second kappa shape index (κ2) is 4.94. The first-order valence-electron chi connectivity index (χ1n) is 6.69. The van der Waals surface area contributed by atoms with Crippen LogP contribution in [-0.4, -0.2) is 50.4 Å². The molecule has 0 amide bonds. The molecule has 0 spiro atoms. The summed E-state index contributed by atoms with van der Waals surface area (Å²) >= 11 is 0. The summed E-state index contributed by atoms with van der Waals surface area (Å²) in [6.45, 7) is 1.85. The van der Waals surface area contributed by atoms with Crippen molar-refractivity contribution in [3.05, 3.63) is 12.2 Å². The quantitative estimate of drug-likeness (QED) is 0.415. The van der Waals surface area contributed by atoms with Crippen LogP contribution in [0, 0.1) is 17.8 Å². The molecule has 0 aromatic heterocycles. The topological polar surface area (TPSA) is 57.2 Å². The highest BCUT2D eigenvalue weighted by molar-refractivity contribution is 7.85. The Morgan fingerprint density at radius 3 is 2.50 bits per heavy atom. The Labute approximate surface area is 110 Å². The molecule has 0 aromatic carbocycles. The van der Waals surface area contributed by atoms with Crippen molar-refractivity contribution in [3.63, 3.8) is 0 Å². The van der Waals surface area contributed by atoms with E-state index in [9.17, 15) is 13.0 Å². The molecule has 0 saturated heterocycles. The predicted molar refractivity (Wildman–Crippen MR) is 69.9 cm³/mol. The van der Waals surface area contributed by atoms with Gasteiger partial charge in [-0.3, -0.25) is 0 Å². The van der Waals surface area contributed by atoms with Crippen molar-refractivity contribution in [2.75, 3.05) is 32.9 Å². The van der Waals surface area contributed by atoms with Crippen LogP contribution in [0.1, 0.15) is 19.3 Å². The van der Waals surface area contributed by atoms with E-state index < -0.39 is 10.1 Å².